The summed E-state index contributed by atoms with van der Waals surface area (Å²) in [4.78, 5) is 16.1. The number of nitrogens with zero attached hydrogens (tertiary/aromatic N) is 1. The van der Waals surface area contributed by atoms with Crippen molar-refractivity contribution < 1.29 is 4.79 Å². The molecule has 100 valence electrons. The second kappa shape index (κ2) is 5.38. The highest BCUT2D eigenvalue weighted by molar-refractivity contribution is 7.10. The Bertz CT molecular complexity index is 509. The molecule has 1 aromatic heterocycles. The highest BCUT2D eigenvalue weighted by atomic mass is 32.1. The first kappa shape index (κ1) is 12.7. The molecular weight excluding hydrogens is 254 g/mol. The Morgan fingerprint density at radius 1 is 1.47 bits per heavy atom. The summed E-state index contributed by atoms with van der Waals surface area (Å²) in [5, 5.41) is 2.11. The summed E-state index contributed by atoms with van der Waals surface area (Å²) >= 11 is 1.79. The average molecular weight is 273 g/mol. The number of carbonyl (C=O) groups excluding carboxylic acids is 1. The monoisotopic (exact) mass is 273 g/mol. The maximum absolute atomic E-state index is 12.7. The molecule has 0 radical (unpaired) electrons. The topological polar surface area (TPSA) is 20.3 Å². The Balaban J connectivity index is 1.77. The highest BCUT2D eigenvalue weighted by Crippen LogP contribution is 2.37. The lowest BCUT2D eigenvalue weighted by molar-refractivity contribution is -0.132. The standard InChI is InChI=1S/C16H19NOS/c1-2-9-17(11-12-6-7-12)16(18)14-4-3-5-15-13(14)8-10-19-15/h1,8,10,12,14H,3-7,9,11H2. The molecule has 3 rings (SSSR count). The third-order valence-corrected chi connectivity index (χ3v) is 5.12. The molecule has 3 heteroatoms. The fourth-order valence-electron chi connectivity index (χ4n) is 2.92. The summed E-state index contributed by atoms with van der Waals surface area (Å²) in [7, 11) is 0. The zero-order valence-electron chi connectivity index (χ0n) is 11.1. The van der Waals surface area contributed by atoms with E-state index >= 15 is 0 Å². The SMILES string of the molecule is C#CCN(CC1CC1)C(=O)C1CCCc2sccc21. The summed E-state index contributed by atoms with van der Waals surface area (Å²) in [6.07, 6.45) is 11.2. The number of hydrogen-bond acceptors (Lipinski definition) is 2. The Kier molecular flexibility index (Phi) is 3.61. The van der Waals surface area contributed by atoms with Crippen molar-refractivity contribution in [1.82, 2.24) is 4.90 Å². The highest BCUT2D eigenvalue weighted by Gasteiger charge is 2.33. The van der Waals surface area contributed by atoms with Gasteiger partial charge in [-0.05, 0) is 55.0 Å². The maximum atomic E-state index is 12.7. The summed E-state index contributed by atoms with van der Waals surface area (Å²) in [5.41, 5.74) is 1.26. The predicted octanol–water partition coefficient (Wildman–Crippen LogP) is 3.04. The lowest BCUT2D eigenvalue weighted by Crippen LogP contribution is -2.37. The van der Waals surface area contributed by atoms with E-state index in [0.717, 1.165) is 25.8 Å². The number of rotatable bonds is 4. The Morgan fingerprint density at radius 2 is 2.32 bits per heavy atom. The number of fused-ring (bicyclic) bond motifs is 1. The van der Waals surface area contributed by atoms with E-state index in [4.69, 9.17) is 6.42 Å². The zero-order chi connectivity index (χ0) is 13.2. The Labute approximate surface area is 118 Å². The van der Waals surface area contributed by atoms with Gasteiger partial charge in [0.15, 0.2) is 0 Å². The van der Waals surface area contributed by atoms with E-state index < -0.39 is 0 Å². The molecule has 0 saturated heterocycles. The molecular formula is C16H19NOS. The van der Waals surface area contributed by atoms with Crippen LogP contribution in [0.5, 0.6) is 0 Å². The van der Waals surface area contributed by atoms with Crippen LogP contribution < -0.4 is 0 Å². The van der Waals surface area contributed by atoms with Gasteiger partial charge in [0.05, 0.1) is 12.5 Å². The predicted molar refractivity (Wildman–Crippen MR) is 78.1 cm³/mol. The van der Waals surface area contributed by atoms with Gasteiger partial charge in [-0.15, -0.1) is 17.8 Å². The van der Waals surface area contributed by atoms with Crippen LogP contribution in [-0.4, -0.2) is 23.9 Å². The van der Waals surface area contributed by atoms with Crippen molar-refractivity contribution in [2.75, 3.05) is 13.1 Å². The second-order valence-electron chi connectivity index (χ2n) is 5.61. The van der Waals surface area contributed by atoms with Crippen LogP contribution in [0.4, 0.5) is 0 Å². The van der Waals surface area contributed by atoms with Gasteiger partial charge in [0.25, 0.3) is 0 Å². The molecule has 0 spiro atoms. The molecule has 2 aliphatic rings. The lowest BCUT2D eigenvalue weighted by atomic mass is 9.86. The molecule has 0 bridgehead atoms. The minimum absolute atomic E-state index is 0.0575. The molecule has 2 nitrogen and oxygen atoms in total. The van der Waals surface area contributed by atoms with Gasteiger partial charge in [0, 0.05) is 11.4 Å². The molecule has 1 atom stereocenters. The minimum atomic E-state index is 0.0575. The van der Waals surface area contributed by atoms with Crippen molar-refractivity contribution in [2.24, 2.45) is 5.92 Å². The largest absolute Gasteiger partial charge is 0.331 e. The quantitative estimate of drug-likeness (QED) is 0.772. The van der Waals surface area contributed by atoms with Crippen LogP contribution in [0.25, 0.3) is 0 Å². The van der Waals surface area contributed by atoms with E-state index in [1.54, 1.807) is 11.3 Å². The maximum Gasteiger partial charge on any atom is 0.230 e. The average Bonchev–Trinajstić information content (AvgIpc) is 3.11. The first-order valence-corrected chi connectivity index (χ1v) is 7.96. The fraction of sp³-hybridized carbons (Fsp3) is 0.562. The number of aryl methyl sites for hydroxylation is 1. The molecule has 19 heavy (non-hydrogen) atoms. The number of carbonyl (C=O) groups is 1. The van der Waals surface area contributed by atoms with Crippen LogP contribution in [0.1, 0.15) is 42.0 Å². The zero-order valence-corrected chi connectivity index (χ0v) is 11.9. The van der Waals surface area contributed by atoms with E-state index in [0.29, 0.717) is 12.5 Å². The van der Waals surface area contributed by atoms with Crippen molar-refractivity contribution in [3.8, 4) is 12.3 Å². The van der Waals surface area contributed by atoms with E-state index in [1.807, 2.05) is 4.90 Å². The van der Waals surface area contributed by atoms with Gasteiger partial charge < -0.3 is 4.90 Å². The molecule has 1 unspecified atom stereocenters. The van der Waals surface area contributed by atoms with Gasteiger partial charge in [0.1, 0.15) is 0 Å². The van der Waals surface area contributed by atoms with Gasteiger partial charge in [-0.2, -0.15) is 0 Å². The van der Waals surface area contributed by atoms with Crippen LogP contribution in [-0.2, 0) is 11.2 Å². The number of hydrogen-bond donors (Lipinski definition) is 0. The lowest BCUT2D eigenvalue weighted by Gasteiger charge is -2.28. The summed E-state index contributed by atoms with van der Waals surface area (Å²) in [6, 6.07) is 2.13. The number of terminal acetylenes is 1. The Hall–Kier alpha value is -1.27. The first-order valence-electron chi connectivity index (χ1n) is 7.08. The normalized spacial score (nSPS) is 21.5. The van der Waals surface area contributed by atoms with Crippen molar-refractivity contribution in [2.45, 2.75) is 38.0 Å². The molecule has 1 heterocycles. The summed E-state index contributed by atoms with van der Waals surface area (Å²) in [6.45, 7) is 1.32. The van der Waals surface area contributed by atoms with Crippen molar-refractivity contribution >= 4 is 17.2 Å². The molecule has 1 amide bonds. The van der Waals surface area contributed by atoms with Gasteiger partial charge in [-0.3, -0.25) is 4.79 Å². The van der Waals surface area contributed by atoms with Crippen LogP contribution in [0.2, 0.25) is 0 Å². The minimum Gasteiger partial charge on any atom is -0.331 e. The van der Waals surface area contributed by atoms with Crippen LogP contribution in [0, 0.1) is 18.3 Å². The fourth-order valence-corrected chi connectivity index (χ4v) is 3.91. The van der Waals surface area contributed by atoms with E-state index in [-0.39, 0.29) is 11.8 Å². The van der Waals surface area contributed by atoms with Crippen LogP contribution in [0.3, 0.4) is 0 Å². The van der Waals surface area contributed by atoms with Gasteiger partial charge in [0.2, 0.25) is 5.91 Å². The molecule has 1 aromatic rings. The van der Waals surface area contributed by atoms with Crippen LogP contribution >= 0.6 is 11.3 Å². The molecule has 0 N–H and O–H groups in total. The molecule has 1 fully saturated rings. The summed E-state index contributed by atoms with van der Waals surface area (Å²) in [5.74, 6) is 3.65. The van der Waals surface area contributed by atoms with E-state index in [9.17, 15) is 4.79 Å². The first-order chi connectivity index (χ1) is 9.29. The molecule has 0 aliphatic heterocycles. The number of amides is 1. The molecule has 1 saturated carbocycles. The smallest absolute Gasteiger partial charge is 0.230 e. The van der Waals surface area contributed by atoms with Gasteiger partial charge in [-0.1, -0.05) is 5.92 Å². The second-order valence-corrected chi connectivity index (χ2v) is 6.61. The molecule has 0 aromatic carbocycles. The summed E-state index contributed by atoms with van der Waals surface area (Å²) < 4.78 is 0. The third-order valence-electron chi connectivity index (χ3n) is 4.12. The van der Waals surface area contributed by atoms with Crippen LogP contribution in [0.15, 0.2) is 11.4 Å². The molecule has 2 aliphatic carbocycles. The Morgan fingerprint density at radius 3 is 3.05 bits per heavy atom. The van der Waals surface area contributed by atoms with Crippen molar-refractivity contribution in [3.05, 3.63) is 21.9 Å². The van der Waals surface area contributed by atoms with Crippen molar-refractivity contribution in [1.29, 1.82) is 0 Å². The van der Waals surface area contributed by atoms with E-state index in [2.05, 4.69) is 17.4 Å². The van der Waals surface area contributed by atoms with E-state index in [1.165, 1.54) is 23.3 Å². The van der Waals surface area contributed by atoms with Gasteiger partial charge >= 0.3 is 0 Å². The third kappa shape index (κ3) is 2.69. The van der Waals surface area contributed by atoms with Gasteiger partial charge in [-0.25, -0.2) is 0 Å². The van der Waals surface area contributed by atoms with Crippen molar-refractivity contribution in [3.63, 3.8) is 0 Å². The number of thiophene rings is 1.